The van der Waals surface area contributed by atoms with Crippen molar-refractivity contribution >= 4 is 32.5 Å². The van der Waals surface area contributed by atoms with E-state index in [1.807, 2.05) is 49.4 Å². The molecule has 0 amide bonds. The van der Waals surface area contributed by atoms with E-state index in [0.717, 1.165) is 15.8 Å². The number of aryl methyl sites for hydroxylation is 1. The van der Waals surface area contributed by atoms with Crippen molar-refractivity contribution in [1.82, 2.24) is 9.38 Å². The highest BCUT2D eigenvalue weighted by Crippen LogP contribution is 2.38. The third-order valence-corrected chi connectivity index (χ3v) is 4.65. The second kappa shape index (κ2) is 5.10. The number of aromatic nitrogens is 2. The van der Waals surface area contributed by atoms with Crippen LogP contribution in [-0.2, 0) is 0 Å². The first-order valence-corrected chi connectivity index (χ1v) is 7.82. The topological polar surface area (TPSA) is 63.8 Å². The van der Waals surface area contributed by atoms with E-state index in [2.05, 4.69) is 4.98 Å². The van der Waals surface area contributed by atoms with Crippen molar-refractivity contribution in [3.05, 3.63) is 59.9 Å². The van der Waals surface area contributed by atoms with Crippen LogP contribution in [0.25, 0.3) is 15.2 Å². The Kier molecular flexibility index (Phi) is 3.06. The van der Waals surface area contributed by atoms with Crippen LogP contribution >= 0.6 is 11.3 Å². The molecule has 6 heteroatoms. The predicted octanol–water partition coefficient (Wildman–Crippen LogP) is 4.35. The Labute approximate surface area is 135 Å². The van der Waals surface area contributed by atoms with E-state index >= 15 is 0 Å². The largest absolute Gasteiger partial charge is 0.477 e. The van der Waals surface area contributed by atoms with Crippen molar-refractivity contribution < 1.29 is 14.6 Å². The summed E-state index contributed by atoms with van der Waals surface area (Å²) >= 11 is 1.44. The molecule has 5 nitrogen and oxygen atoms in total. The number of aromatic carboxylic acids is 1. The predicted molar refractivity (Wildman–Crippen MR) is 88.8 cm³/mol. The summed E-state index contributed by atoms with van der Waals surface area (Å²) in [5.41, 5.74) is 1.81. The van der Waals surface area contributed by atoms with Gasteiger partial charge in [-0.15, -0.1) is 0 Å². The van der Waals surface area contributed by atoms with Crippen LogP contribution in [-0.4, -0.2) is 20.5 Å². The van der Waals surface area contributed by atoms with Crippen molar-refractivity contribution in [3.63, 3.8) is 0 Å². The van der Waals surface area contributed by atoms with E-state index in [-0.39, 0.29) is 5.69 Å². The van der Waals surface area contributed by atoms with Gasteiger partial charge in [0, 0.05) is 0 Å². The number of nitrogens with zero attached hydrogens (tertiary/aromatic N) is 2. The number of para-hydroxylation sites is 1. The Hall–Kier alpha value is -2.86. The van der Waals surface area contributed by atoms with Gasteiger partial charge in [-0.1, -0.05) is 35.6 Å². The highest BCUT2D eigenvalue weighted by atomic mass is 32.1. The van der Waals surface area contributed by atoms with Crippen LogP contribution in [0.15, 0.2) is 48.7 Å². The van der Waals surface area contributed by atoms with E-state index in [1.165, 1.54) is 17.5 Å². The summed E-state index contributed by atoms with van der Waals surface area (Å²) in [6.07, 6.45) is 1.38. The summed E-state index contributed by atoms with van der Waals surface area (Å²) < 4.78 is 8.64. The molecular formula is C17H12N2O3S. The van der Waals surface area contributed by atoms with E-state index in [1.54, 1.807) is 4.40 Å². The maximum Gasteiger partial charge on any atom is 0.354 e. The first-order chi connectivity index (χ1) is 11.1. The monoisotopic (exact) mass is 324 g/mol. The van der Waals surface area contributed by atoms with Crippen LogP contribution in [0.4, 0.5) is 0 Å². The molecule has 2 aromatic heterocycles. The van der Waals surface area contributed by atoms with Crippen molar-refractivity contribution in [3.8, 4) is 11.5 Å². The molecular weight excluding hydrogens is 312 g/mol. The molecule has 0 saturated heterocycles. The second-order valence-corrected chi connectivity index (χ2v) is 6.15. The molecule has 0 aliphatic carbocycles. The molecule has 0 unspecified atom stereocenters. The highest BCUT2D eigenvalue weighted by Gasteiger charge is 2.20. The van der Waals surface area contributed by atoms with Gasteiger partial charge >= 0.3 is 5.97 Å². The Balaban J connectivity index is 2.03. The minimum atomic E-state index is -1.01. The van der Waals surface area contributed by atoms with E-state index in [9.17, 15) is 9.90 Å². The quantitative estimate of drug-likeness (QED) is 0.608. The van der Waals surface area contributed by atoms with Gasteiger partial charge in [0.25, 0.3) is 0 Å². The minimum Gasteiger partial charge on any atom is -0.477 e. The lowest BCUT2D eigenvalue weighted by atomic mass is 10.2. The highest BCUT2D eigenvalue weighted by molar-refractivity contribution is 7.23. The summed E-state index contributed by atoms with van der Waals surface area (Å²) in [5, 5.41) is 9.40. The van der Waals surface area contributed by atoms with Gasteiger partial charge in [0.2, 0.25) is 0 Å². The standard InChI is InChI=1S/C17H12N2O3S/c1-10-7-8-13-14(15(10)22-11-5-3-2-4-6-11)19-12(16(20)21)9-18-17(19)23-13/h2-9H,1H3,(H,20,21). The van der Waals surface area contributed by atoms with E-state index in [0.29, 0.717) is 16.5 Å². The molecule has 4 aromatic rings. The lowest BCUT2D eigenvalue weighted by Gasteiger charge is -2.10. The number of thiazole rings is 1. The number of rotatable bonds is 3. The van der Waals surface area contributed by atoms with Crippen LogP contribution < -0.4 is 4.74 Å². The normalized spacial score (nSPS) is 11.2. The first-order valence-electron chi connectivity index (χ1n) is 7.01. The summed E-state index contributed by atoms with van der Waals surface area (Å²) in [7, 11) is 0. The van der Waals surface area contributed by atoms with Crippen LogP contribution in [0.1, 0.15) is 16.1 Å². The van der Waals surface area contributed by atoms with Crippen LogP contribution in [0, 0.1) is 6.92 Å². The van der Waals surface area contributed by atoms with Crippen LogP contribution in [0.2, 0.25) is 0 Å². The Bertz CT molecular complexity index is 1030. The molecule has 4 rings (SSSR count). The van der Waals surface area contributed by atoms with Gasteiger partial charge in [-0.25, -0.2) is 9.78 Å². The fourth-order valence-corrected chi connectivity index (χ4v) is 3.56. The Morgan fingerprint density at radius 2 is 2.00 bits per heavy atom. The fourth-order valence-electron chi connectivity index (χ4n) is 2.56. The Morgan fingerprint density at radius 3 is 2.74 bits per heavy atom. The van der Waals surface area contributed by atoms with Crippen molar-refractivity contribution in [2.24, 2.45) is 0 Å². The molecule has 0 bridgehead atoms. The average molecular weight is 324 g/mol. The summed E-state index contributed by atoms with van der Waals surface area (Å²) in [6, 6.07) is 13.4. The molecule has 0 fully saturated rings. The lowest BCUT2D eigenvalue weighted by Crippen LogP contribution is -2.01. The molecule has 0 radical (unpaired) electrons. The molecule has 2 heterocycles. The fraction of sp³-hybridized carbons (Fsp3) is 0.0588. The van der Waals surface area contributed by atoms with E-state index in [4.69, 9.17) is 4.74 Å². The lowest BCUT2D eigenvalue weighted by molar-refractivity contribution is 0.0690. The SMILES string of the molecule is Cc1ccc2sc3ncc(C(=O)O)n3c2c1Oc1ccccc1. The van der Waals surface area contributed by atoms with Gasteiger partial charge in [0.15, 0.2) is 16.4 Å². The van der Waals surface area contributed by atoms with Crippen LogP contribution in [0.3, 0.4) is 0 Å². The zero-order valence-electron chi connectivity index (χ0n) is 12.2. The maximum absolute atomic E-state index is 11.5. The summed E-state index contributed by atoms with van der Waals surface area (Å²) in [4.78, 5) is 16.3. The second-order valence-electron chi connectivity index (χ2n) is 5.14. The van der Waals surface area contributed by atoms with Gasteiger partial charge in [0.1, 0.15) is 11.3 Å². The number of benzene rings is 2. The summed E-state index contributed by atoms with van der Waals surface area (Å²) in [6.45, 7) is 1.94. The number of fused-ring (bicyclic) bond motifs is 3. The van der Waals surface area contributed by atoms with Gasteiger partial charge in [0.05, 0.1) is 10.9 Å². The van der Waals surface area contributed by atoms with Gasteiger partial charge in [-0.3, -0.25) is 4.40 Å². The first kappa shape index (κ1) is 13.8. The van der Waals surface area contributed by atoms with Crippen LogP contribution in [0.5, 0.6) is 11.5 Å². The average Bonchev–Trinajstić information content (AvgIpc) is 3.10. The summed E-state index contributed by atoms with van der Waals surface area (Å²) in [5.74, 6) is 0.351. The number of ether oxygens (including phenoxy) is 1. The zero-order chi connectivity index (χ0) is 16.0. The van der Waals surface area contributed by atoms with Gasteiger partial charge in [-0.05, 0) is 30.7 Å². The molecule has 0 spiro atoms. The molecule has 23 heavy (non-hydrogen) atoms. The molecule has 1 N–H and O–H groups in total. The molecule has 0 aliphatic rings. The van der Waals surface area contributed by atoms with E-state index < -0.39 is 5.97 Å². The van der Waals surface area contributed by atoms with Crippen molar-refractivity contribution in [2.75, 3.05) is 0 Å². The number of carboxylic acids is 1. The number of carboxylic acid groups (broad SMARTS) is 1. The van der Waals surface area contributed by atoms with Crippen molar-refractivity contribution in [2.45, 2.75) is 6.92 Å². The number of imidazole rings is 1. The van der Waals surface area contributed by atoms with Gasteiger partial charge < -0.3 is 9.84 Å². The van der Waals surface area contributed by atoms with Crippen molar-refractivity contribution in [1.29, 1.82) is 0 Å². The third kappa shape index (κ3) is 2.15. The molecule has 0 aliphatic heterocycles. The number of carbonyl (C=O) groups is 1. The number of hydrogen-bond donors (Lipinski definition) is 1. The molecule has 0 atom stereocenters. The third-order valence-electron chi connectivity index (χ3n) is 3.63. The molecule has 2 aromatic carbocycles. The Morgan fingerprint density at radius 1 is 1.22 bits per heavy atom. The van der Waals surface area contributed by atoms with Gasteiger partial charge in [-0.2, -0.15) is 0 Å². The zero-order valence-corrected chi connectivity index (χ0v) is 13.0. The smallest absolute Gasteiger partial charge is 0.354 e. The minimum absolute atomic E-state index is 0.134. The molecule has 0 saturated carbocycles. The molecule has 114 valence electrons. The number of hydrogen-bond acceptors (Lipinski definition) is 4. The maximum atomic E-state index is 11.5.